The molecular weight excluding hydrogens is 302 g/mol. The van der Waals surface area contributed by atoms with Crippen molar-refractivity contribution in [1.82, 2.24) is 24.8 Å². The average Bonchev–Trinajstić information content (AvgIpc) is 3.09. The van der Waals surface area contributed by atoms with Crippen molar-refractivity contribution in [3.63, 3.8) is 0 Å². The zero-order chi connectivity index (χ0) is 16.7. The summed E-state index contributed by atoms with van der Waals surface area (Å²) in [7, 11) is 3.62. The number of carbonyl (C=O) groups is 1. The number of hydrogen-bond acceptors (Lipinski definition) is 3. The Morgan fingerprint density at radius 2 is 2.21 bits per heavy atom. The standard InChI is InChI=1S/C18H21N5O/c1-22(2)18(24)23-9-3-4-12(11-23)13-5-7-19-15-10-21-17-14(16(13)15)6-8-20-17/h5-8,10,12H,3-4,9,11H2,1-2H3,(H,20,21). The van der Waals surface area contributed by atoms with Crippen molar-refractivity contribution in [3.05, 3.63) is 36.3 Å². The van der Waals surface area contributed by atoms with Crippen molar-refractivity contribution in [1.29, 1.82) is 0 Å². The highest BCUT2D eigenvalue weighted by Crippen LogP contribution is 2.34. The minimum Gasteiger partial charge on any atom is -0.346 e. The highest BCUT2D eigenvalue weighted by Gasteiger charge is 2.27. The van der Waals surface area contributed by atoms with Gasteiger partial charge in [-0.3, -0.25) is 4.98 Å². The van der Waals surface area contributed by atoms with E-state index in [0.717, 1.165) is 47.9 Å². The molecule has 0 saturated carbocycles. The van der Waals surface area contributed by atoms with Crippen LogP contribution in [0.3, 0.4) is 0 Å². The quantitative estimate of drug-likeness (QED) is 0.749. The third-order valence-corrected chi connectivity index (χ3v) is 4.84. The number of likely N-dealkylation sites (tertiary alicyclic amines) is 1. The third-order valence-electron chi connectivity index (χ3n) is 4.84. The van der Waals surface area contributed by atoms with Crippen LogP contribution in [0.25, 0.3) is 21.9 Å². The van der Waals surface area contributed by atoms with Gasteiger partial charge in [0.15, 0.2) is 0 Å². The summed E-state index contributed by atoms with van der Waals surface area (Å²) in [6.07, 6.45) is 7.70. The summed E-state index contributed by atoms with van der Waals surface area (Å²) < 4.78 is 0. The first-order chi connectivity index (χ1) is 11.6. The molecule has 3 aromatic rings. The van der Waals surface area contributed by atoms with Crippen molar-refractivity contribution in [2.24, 2.45) is 0 Å². The molecule has 4 rings (SSSR count). The second-order valence-electron chi connectivity index (χ2n) is 6.62. The van der Waals surface area contributed by atoms with E-state index in [1.165, 1.54) is 5.56 Å². The van der Waals surface area contributed by atoms with E-state index in [1.54, 1.807) is 4.90 Å². The van der Waals surface area contributed by atoms with Crippen LogP contribution in [0.4, 0.5) is 4.79 Å². The van der Waals surface area contributed by atoms with Gasteiger partial charge in [-0.1, -0.05) is 0 Å². The van der Waals surface area contributed by atoms with Gasteiger partial charge in [0.1, 0.15) is 5.65 Å². The van der Waals surface area contributed by atoms with Crippen molar-refractivity contribution >= 4 is 28.0 Å². The Hall–Kier alpha value is -2.63. The van der Waals surface area contributed by atoms with Crippen molar-refractivity contribution < 1.29 is 4.79 Å². The molecule has 4 heterocycles. The van der Waals surface area contributed by atoms with Gasteiger partial charge < -0.3 is 14.8 Å². The lowest BCUT2D eigenvalue weighted by Crippen LogP contribution is -2.44. The molecule has 1 saturated heterocycles. The van der Waals surface area contributed by atoms with Gasteiger partial charge in [0.2, 0.25) is 0 Å². The Labute approximate surface area is 140 Å². The summed E-state index contributed by atoms with van der Waals surface area (Å²) in [5.41, 5.74) is 3.06. The number of pyridine rings is 2. The van der Waals surface area contributed by atoms with E-state index in [-0.39, 0.29) is 6.03 Å². The number of amides is 2. The predicted octanol–water partition coefficient (Wildman–Crippen LogP) is 2.97. The first-order valence-electron chi connectivity index (χ1n) is 8.32. The average molecular weight is 323 g/mol. The molecule has 0 radical (unpaired) electrons. The van der Waals surface area contributed by atoms with Crippen molar-refractivity contribution in [2.75, 3.05) is 27.2 Å². The maximum atomic E-state index is 12.3. The highest BCUT2D eigenvalue weighted by molar-refractivity contribution is 6.05. The first-order valence-corrected chi connectivity index (χ1v) is 8.32. The maximum absolute atomic E-state index is 12.3. The van der Waals surface area contributed by atoms with Gasteiger partial charge in [-0.2, -0.15) is 0 Å². The van der Waals surface area contributed by atoms with Gasteiger partial charge in [-0.05, 0) is 30.5 Å². The van der Waals surface area contributed by atoms with E-state index in [0.29, 0.717) is 5.92 Å². The number of fused-ring (bicyclic) bond motifs is 3. The fourth-order valence-corrected chi connectivity index (χ4v) is 3.71. The second-order valence-corrected chi connectivity index (χ2v) is 6.62. The van der Waals surface area contributed by atoms with Crippen LogP contribution in [-0.2, 0) is 0 Å². The van der Waals surface area contributed by atoms with Gasteiger partial charge in [0.25, 0.3) is 0 Å². The third kappa shape index (κ3) is 2.38. The Morgan fingerprint density at radius 1 is 1.33 bits per heavy atom. The Bertz CT molecular complexity index is 901. The highest BCUT2D eigenvalue weighted by atomic mass is 16.2. The molecule has 0 aromatic carbocycles. The molecule has 1 N–H and O–H groups in total. The molecule has 3 aromatic heterocycles. The molecular formula is C18H21N5O. The molecule has 0 bridgehead atoms. The molecule has 1 unspecified atom stereocenters. The number of hydrogen-bond donors (Lipinski definition) is 1. The fourth-order valence-electron chi connectivity index (χ4n) is 3.71. The number of aromatic nitrogens is 3. The predicted molar refractivity (Wildman–Crippen MR) is 94.0 cm³/mol. The van der Waals surface area contributed by atoms with Crippen LogP contribution < -0.4 is 0 Å². The lowest BCUT2D eigenvalue weighted by Gasteiger charge is -2.35. The zero-order valence-corrected chi connectivity index (χ0v) is 14.0. The molecule has 1 aliphatic heterocycles. The minimum atomic E-state index is 0.0894. The molecule has 24 heavy (non-hydrogen) atoms. The van der Waals surface area contributed by atoms with E-state index in [4.69, 9.17) is 0 Å². The molecule has 1 fully saturated rings. The van der Waals surface area contributed by atoms with E-state index in [1.807, 2.05) is 37.6 Å². The van der Waals surface area contributed by atoms with Crippen LogP contribution in [0, 0.1) is 0 Å². The zero-order valence-electron chi connectivity index (χ0n) is 14.0. The molecule has 6 heteroatoms. The molecule has 124 valence electrons. The van der Waals surface area contributed by atoms with Crippen LogP contribution in [0.1, 0.15) is 24.3 Å². The number of piperidine rings is 1. The number of urea groups is 1. The van der Waals surface area contributed by atoms with Gasteiger partial charge in [0, 0.05) is 56.3 Å². The molecule has 0 aliphatic carbocycles. The summed E-state index contributed by atoms with van der Waals surface area (Å²) in [4.78, 5) is 28.0. The number of aromatic amines is 1. The van der Waals surface area contributed by atoms with Crippen LogP contribution in [0.15, 0.2) is 30.7 Å². The van der Waals surface area contributed by atoms with Crippen LogP contribution in [0.5, 0.6) is 0 Å². The first kappa shape index (κ1) is 14.9. The Kier molecular flexibility index (Phi) is 3.59. The topological polar surface area (TPSA) is 65.1 Å². The summed E-state index contributed by atoms with van der Waals surface area (Å²) in [6.45, 7) is 1.59. The van der Waals surface area contributed by atoms with E-state index >= 15 is 0 Å². The number of H-pyrrole nitrogens is 1. The van der Waals surface area contributed by atoms with E-state index in [2.05, 4.69) is 27.1 Å². The van der Waals surface area contributed by atoms with Gasteiger partial charge in [-0.15, -0.1) is 0 Å². The SMILES string of the molecule is CN(C)C(=O)N1CCCC(c2ccnc3cnc4[nH]ccc4c23)C1. The number of nitrogens with zero attached hydrogens (tertiary/aromatic N) is 4. The number of carbonyl (C=O) groups excluding carboxylic acids is 1. The lowest BCUT2D eigenvalue weighted by atomic mass is 9.88. The largest absolute Gasteiger partial charge is 0.346 e. The van der Waals surface area contributed by atoms with Crippen LogP contribution in [0.2, 0.25) is 0 Å². The summed E-state index contributed by atoms with van der Waals surface area (Å²) in [5.74, 6) is 0.327. The molecule has 2 amide bonds. The molecule has 1 aliphatic rings. The van der Waals surface area contributed by atoms with Gasteiger partial charge in [0.05, 0.1) is 11.7 Å². The van der Waals surface area contributed by atoms with Crippen LogP contribution in [-0.4, -0.2) is 58.0 Å². The molecule has 6 nitrogen and oxygen atoms in total. The molecule has 0 spiro atoms. The van der Waals surface area contributed by atoms with Gasteiger partial charge in [-0.25, -0.2) is 9.78 Å². The van der Waals surface area contributed by atoms with Crippen molar-refractivity contribution in [2.45, 2.75) is 18.8 Å². The van der Waals surface area contributed by atoms with E-state index < -0.39 is 0 Å². The summed E-state index contributed by atoms with van der Waals surface area (Å²) in [5, 5.41) is 2.26. The maximum Gasteiger partial charge on any atom is 0.319 e. The normalized spacial score (nSPS) is 18.2. The lowest BCUT2D eigenvalue weighted by molar-refractivity contribution is 0.155. The van der Waals surface area contributed by atoms with E-state index in [9.17, 15) is 4.79 Å². The second kappa shape index (κ2) is 5.78. The number of rotatable bonds is 1. The Morgan fingerprint density at radius 3 is 3.04 bits per heavy atom. The fraction of sp³-hybridized carbons (Fsp3) is 0.389. The Balaban J connectivity index is 1.78. The number of nitrogens with one attached hydrogen (secondary N) is 1. The minimum absolute atomic E-state index is 0.0894. The summed E-state index contributed by atoms with van der Waals surface area (Å²) >= 11 is 0. The van der Waals surface area contributed by atoms with Gasteiger partial charge >= 0.3 is 6.03 Å². The smallest absolute Gasteiger partial charge is 0.319 e. The van der Waals surface area contributed by atoms with Crippen molar-refractivity contribution in [3.8, 4) is 0 Å². The monoisotopic (exact) mass is 323 g/mol. The van der Waals surface area contributed by atoms with Crippen LogP contribution >= 0.6 is 0 Å². The molecule has 1 atom stereocenters. The summed E-state index contributed by atoms with van der Waals surface area (Å²) in [6, 6.07) is 4.25.